The Labute approximate surface area is 209 Å². The van der Waals surface area contributed by atoms with E-state index in [0.717, 1.165) is 37.9 Å². The Kier molecular flexibility index (Phi) is 9.92. The molecule has 0 spiro atoms. The number of carbonyl (C=O) groups is 3. The van der Waals surface area contributed by atoms with Gasteiger partial charge in [-0.3, -0.25) is 9.59 Å². The number of unbranched alkanes of at least 4 members (excludes halogenated alkanes) is 1. The SMILES string of the molecule is CCCCOCCCN1C[C@H]2N(C(=O)CN(C)N2C(=O)NCc2ccccc2)[C@@H](C(C)CC)C1=O. The van der Waals surface area contributed by atoms with Gasteiger partial charge in [0.25, 0.3) is 0 Å². The highest BCUT2D eigenvalue weighted by Gasteiger charge is 2.51. The van der Waals surface area contributed by atoms with Crippen LogP contribution in [0.3, 0.4) is 0 Å². The summed E-state index contributed by atoms with van der Waals surface area (Å²) in [6.45, 7) is 8.74. The van der Waals surface area contributed by atoms with Gasteiger partial charge in [0.1, 0.15) is 12.2 Å². The van der Waals surface area contributed by atoms with Gasteiger partial charge in [-0.05, 0) is 24.3 Å². The molecule has 4 amide bonds. The fraction of sp³-hybridized carbons (Fsp3) is 0.654. The van der Waals surface area contributed by atoms with Gasteiger partial charge in [0.05, 0.1) is 13.1 Å². The zero-order valence-electron chi connectivity index (χ0n) is 21.6. The van der Waals surface area contributed by atoms with Crippen LogP contribution in [0.15, 0.2) is 30.3 Å². The molecule has 1 N–H and O–H groups in total. The van der Waals surface area contributed by atoms with E-state index in [-0.39, 0.29) is 36.9 Å². The van der Waals surface area contributed by atoms with Gasteiger partial charge in [0.15, 0.2) is 0 Å². The van der Waals surface area contributed by atoms with E-state index in [2.05, 4.69) is 12.2 Å². The molecule has 1 aromatic carbocycles. The molecule has 2 fully saturated rings. The summed E-state index contributed by atoms with van der Waals surface area (Å²) in [5.74, 6) is -0.173. The molecular formula is C26H41N5O4. The summed E-state index contributed by atoms with van der Waals surface area (Å²) < 4.78 is 5.68. The number of amides is 4. The van der Waals surface area contributed by atoms with Crippen LogP contribution >= 0.6 is 0 Å². The summed E-state index contributed by atoms with van der Waals surface area (Å²) in [5, 5.41) is 6.26. The number of urea groups is 1. The maximum absolute atomic E-state index is 13.5. The molecular weight excluding hydrogens is 446 g/mol. The van der Waals surface area contributed by atoms with Crippen molar-refractivity contribution in [2.75, 3.05) is 39.9 Å². The summed E-state index contributed by atoms with van der Waals surface area (Å²) >= 11 is 0. The minimum atomic E-state index is -0.578. The summed E-state index contributed by atoms with van der Waals surface area (Å²) in [6, 6.07) is 8.86. The predicted octanol–water partition coefficient (Wildman–Crippen LogP) is 2.68. The van der Waals surface area contributed by atoms with Crippen molar-refractivity contribution in [3.63, 3.8) is 0 Å². The summed E-state index contributed by atoms with van der Waals surface area (Å²) in [4.78, 5) is 43.5. The molecule has 9 nitrogen and oxygen atoms in total. The number of piperazine rings is 1. The van der Waals surface area contributed by atoms with Crippen LogP contribution in [0, 0.1) is 5.92 Å². The number of rotatable bonds is 11. The summed E-state index contributed by atoms with van der Waals surface area (Å²) in [6.07, 6.45) is 3.05. The van der Waals surface area contributed by atoms with Crippen molar-refractivity contribution in [1.29, 1.82) is 0 Å². The maximum atomic E-state index is 13.5. The second-order valence-electron chi connectivity index (χ2n) is 9.52. The Morgan fingerprint density at radius 2 is 1.86 bits per heavy atom. The van der Waals surface area contributed by atoms with E-state index >= 15 is 0 Å². The highest BCUT2D eigenvalue weighted by atomic mass is 16.5. The van der Waals surface area contributed by atoms with Gasteiger partial charge >= 0.3 is 6.03 Å². The van der Waals surface area contributed by atoms with Gasteiger partial charge in [0.2, 0.25) is 11.8 Å². The van der Waals surface area contributed by atoms with Gasteiger partial charge < -0.3 is 19.9 Å². The van der Waals surface area contributed by atoms with Crippen molar-refractivity contribution in [1.82, 2.24) is 25.1 Å². The Bertz CT molecular complexity index is 851. The number of nitrogens with zero attached hydrogens (tertiary/aromatic N) is 4. The Morgan fingerprint density at radius 3 is 2.54 bits per heavy atom. The lowest BCUT2D eigenvalue weighted by Gasteiger charge is -2.55. The first-order valence-corrected chi connectivity index (χ1v) is 12.9. The molecule has 0 saturated carbocycles. The van der Waals surface area contributed by atoms with Crippen molar-refractivity contribution < 1.29 is 19.1 Å². The molecule has 2 heterocycles. The van der Waals surface area contributed by atoms with Crippen molar-refractivity contribution >= 4 is 17.8 Å². The normalized spacial score (nSPS) is 21.8. The molecule has 2 aliphatic heterocycles. The van der Waals surface area contributed by atoms with Crippen LogP contribution in [0.25, 0.3) is 0 Å². The fourth-order valence-corrected chi connectivity index (χ4v) is 4.76. The lowest BCUT2D eigenvalue weighted by atomic mass is 9.92. The van der Waals surface area contributed by atoms with E-state index in [0.29, 0.717) is 19.7 Å². The molecule has 2 aliphatic rings. The summed E-state index contributed by atoms with van der Waals surface area (Å²) in [7, 11) is 1.75. The molecule has 194 valence electrons. The molecule has 2 saturated heterocycles. The van der Waals surface area contributed by atoms with Crippen LogP contribution in [0.1, 0.15) is 52.0 Å². The maximum Gasteiger partial charge on any atom is 0.334 e. The van der Waals surface area contributed by atoms with Crippen molar-refractivity contribution in [2.24, 2.45) is 5.92 Å². The Morgan fingerprint density at radius 1 is 1.14 bits per heavy atom. The molecule has 0 bridgehead atoms. The largest absolute Gasteiger partial charge is 0.381 e. The zero-order chi connectivity index (χ0) is 25.4. The second kappa shape index (κ2) is 12.9. The van der Waals surface area contributed by atoms with Crippen molar-refractivity contribution in [3.05, 3.63) is 35.9 Å². The number of nitrogens with one attached hydrogen (secondary N) is 1. The predicted molar refractivity (Wildman–Crippen MR) is 134 cm³/mol. The van der Waals surface area contributed by atoms with E-state index in [1.165, 1.54) is 0 Å². The van der Waals surface area contributed by atoms with Crippen LogP contribution in [0.2, 0.25) is 0 Å². The third-order valence-electron chi connectivity index (χ3n) is 6.91. The average molecular weight is 488 g/mol. The molecule has 9 heteroatoms. The minimum absolute atomic E-state index is 0.0183. The van der Waals surface area contributed by atoms with E-state index in [1.807, 2.05) is 49.1 Å². The zero-order valence-corrected chi connectivity index (χ0v) is 21.6. The molecule has 3 atom stereocenters. The minimum Gasteiger partial charge on any atom is -0.381 e. The smallest absolute Gasteiger partial charge is 0.334 e. The van der Waals surface area contributed by atoms with Gasteiger partial charge in [-0.25, -0.2) is 14.8 Å². The number of hydrogen-bond acceptors (Lipinski definition) is 5. The first-order chi connectivity index (χ1) is 16.9. The average Bonchev–Trinajstić information content (AvgIpc) is 2.85. The Balaban J connectivity index is 1.77. The standard InChI is InChI=1S/C26H41N5O4/c1-5-7-15-35-16-11-14-29-18-22-30(24(25(29)33)20(3)6-2)23(32)19-28(4)31(22)26(34)27-17-21-12-9-8-10-13-21/h8-10,12-13,20,22,24H,5-7,11,14-19H2,1-4H3,(H,27,34)/t20?,22-,24-/m0/s1. The number of hydrazine groups is 1. The van der Waals surface area contributed by atoms with E-state index < -0.39 is 12.2 Å². The first-order valence-electron chi connectivity index (χ1n) is 12.9. The molecule has 0 aliphatic carbocycles. The molecule has 0 radical (unpaired) electrons. The highest BCUT2D eigenvalue weighted by Crippen LogP contribution is 2.30. The number of fused-ring (bicyclic) bond motifs is 1. The molecule has 35 heavy (non-hydrogen) atoms. The Hall–Kier alpha value is -2.65. The van der Waals surface area contributed by atoms with Gasteiger partial charge in [-0.1, -0.05) is 63.9 Å². The van der Waals surface area contributed by atoms with E-state index in [4.69, 9.17) is 4.74 Å². The van der Waals surface area contributed by atoms with Crippen LogP contribution in [0.5, 0.6) is 0 Å². The molecule has 1 unspecified atom stereocenters. The number of ether oxygens (including phenoxy) is 1. The lowest BCUT2D eigenvalue weighted by molar-refractivity contribution is -0.190. The van der Waals surface area contributed by atoms with Gasteiger partial charge in [-0.15, -0.1) is 0 Å². The third-order valence-corrected chi connectivity index (χ3v) is 6.91. The fourth-order valence-electron chi connectivity index (χ4n) is 4.76. The number of likely N-dealkylation sites (N-methyl/N-ethyl adjacent to an activating group) is 1. The van der Waals surface area contributed by atoms with Gasteiger partial charge in [-0.2, -0.15) is 0 Å². The van der Waals surface area contributed by atoms with E-state index in [1.54, 1.807) is 22.0 Å². The van der Waals surface area contributed by atoms with Crippen LogP contribution in [-0.4, -0.2) is 89.8 Å². The quantitative estimate of drug-likeness (QED) is 0.485. The van der Waals surface area contributed by atoms with Crippen LogP contribution in [-0.2, 0) is 20.9 Å². The monoisotopic (exact) mass is 487 g/mol. The third kappa shape index (κ3) is 6.52. The van der Waals surface area contributed by atoms with Crippen LogP contribution < -0.4 is 5.32 Å². The van der Waals surface area contributed by atoms with Gasteiger partial charge in [0, 0.05) is 33.4 Å². The second-order valence-corrected chi connectivity index (χ2v) is 9.52. The van der Waals surface area contributed by atoms with E-state index in [9.17, 15) is 14.4 Å². The number of carbonyl (C=O) groups excluding carboxylic acids is 3. The summed E-state index contributed by atoms with van der Waals surface area (Å²) in [5.41, 5.74) is 0.995. The first kappa shape index (κ1) is 26.9. The molecule has 1 aromatic rings. The topological polar surface area (TPSA) is 85.4 Å². The van der Waals surface area contributed by atoms with Crippen LogP contribution in [0.4, 0.5) is 4.79 Å². The highest BCUT2D eigenvalue weighted by molar-refractivity contribution is 5.91. The number of hydrogen-bond donors (Lipinski definition) is 1. The lowest BCUT2D eigenvalue weighted by Crippen LogP contribution is -2.76. The van der Waals surface area contributed by atoms with Crippen molar-refractivity contribution in [2.45, 2.75) is 65.2 Å². The molecule has 0 aromatic heterocycles. The number of benzene rings is 1. The molecule has 3 rings (SSSR count). The van der Waals surface area contributed by atoms with Crippen molar-refractivity contribution in [3.8, 4) is 0 Å².